The molecule has 2 heterocycles. The van der Waals surface area contributed by atoms with Gasteiger partial charge in [0.15, 0.2) is 5.13 Å². The molecule has 0 unspecified atom stereocenters. The molecule has 0 fully saturated rings. The molecule has 0 spiro atoms. The topological polar surface area (TPSA) is 116 Å². The fraction of sp³-hybridized carbons (Fsp3) is 0.158. The number of aromatic nitrogens is 3. The van der Waals surface area contributed by atoms with Gasteiger partial charge < -0.3 is 14.9 Å². The van der Waals surface area contributed by atoms with Crippen molar-refractivity contribution in [1.29, 1.82) is 0 Å². The van der Waals surface area contributed by atoms with E-state index in [1.165, 1.54) is 11.3 Å². The molecule has 0 aliphatic heterocycles. The molecule has 1 amide bonds. The van der Waals surface area contributed by atoms with E-state index in [9.17, 15) is 4.79 Å². The van der Waals surface area contributed by atoms with E-state index in [-0.39, 0.29) is 18.3 Å². The number of nitrogen functional groups attached to an aromatic ring is 1. The molecule has 9 heteroatoms. The van der Waals surface area contributed by atoms with Gasteiger partial charge in [-0.3, -0.25) is 10.1 Å². The van der Waals surface area contributed by atoms with E-state index in [4.69, 9.17) is 14.9 Å². The van der Waals surface area contributed by atoms with Crippen LogP contribution in [0.1, 0.15) is 12.5 Å². The number of ether oxygens (including phenoxy) is 1. The molecule has 0 bridgehead atoms. The highest BCUT2D eigenvalue weighted by Crippen LogP contribution is 2.25. The quantitative estimate of drug-likeness (QED) is 0.513. The van der Waals surface area contributed by atoms with Crippen LogP contribution in [-0.2, 0) is 11.2 Å². The lowest BCUT2D eigenvalue weighted by Crippen LogP contribution is -2.14. The standard InChI is InChI=1S/C19H17N5O3S/c1-2-26-13-6-4-12(5-7-13)17-23-24-19(27-17)22-16(25)10-11-3-8-14-15(9-11)28-18(20)21-14/h3-9H,2,10H2,1H3,(H2,20,21)(H,22,24,25). The predicted molar refractivity (Wildman–Crippen MR) is 107 cm³/mol. The third kappa shape index (κ3) is 3.94. The minimum Gasteiger partial charge on any atom is -0.494 e. The second kappa shape index (κ2) is 7.65. The Hall–Kier alpha value is -3.46. The van der Waals surface area contributed by atoms with E-state index in [2.05, 4.69) is 20.5 Å². The molecule has 3 N–H and O–H groups in total. The average Bonchev–Trinajstić information content (AvgIpc) is 3.28. The molecule has 0 radical (unpaired) electrons. The number of hydrogen-bond acceptors (Lipinski definition) is 8. The highest BCUT2D eigenvalue weighted by molar-refractivity contribution is 7.22. The maximum Gasteiger partial charge on any atom is 0.322 e. The van der Waals surface area contributed by atoms with Crippen molar-refractivity contribution in [3.8, 4) is 17.2 Å². The lowest BCUT2D eigenvalue weighted by Gasteiger charge is -2.02. The number of nitrogens with one attached hydrogen (secondary N) is 1. The van der Waals surface area contributed by atoms with E-state index in [0.717, 1.165) is 27.1 Å². The summed E-state index contributed by atoms with van der Waals surface area (Å²) in [6, 6.07) is 12.9. The van der Waals surface area contributed by atoms with Crippen molar-refractivity contribution in [2.24, 2.45) is 0 Å². The number of thiazole rings is 1. The van der Waals surface area contributed by atoms with Gasteiger partial charge in [0.05, 0.1) is 23.2 Å². The van der Waals surface area contributed by atoms with Crippen molar-refractivity contribution >= 4 is 38.6 Å². The van der Waals surface area contributed by atoms with Gasteiger partial charge in [-0.15, -0.1) is 5.10 Å². The molecule has 0 saturated heterocycles. The lowest BCUT2D eigenvalue weighted by atomic mass is 10.1. The van der Waals surface area contributed by atoms with Crippen molar-refractivity contribution in [2.45, 2.75) is 13.3 Å². The van der Waals surface area contributed by atoms with Gasteiger partial charge in [-0.2, -0.15) is 0 Å². The summed E-state index contributed by atoms with van der Waals surface area (Å²) >= 11 is 1.39. The number of benzene rings is 2. The Morgan fingerprint density at radius 2 is 2.04 bits per heavy atom. The number of amides is 1. The Morgan fingerprint density at radius 3 is 2.82 bits per heavy atom. The summed E-state index contributed by atoms with van der Waals surface area (Å²) in [5.41, 5.74) is 8.12. The first-order valence-corrected chi connectivity index (χ1v) is 9.44. The average molecular weight is 395 g/mol. The summed E-state index contributed by atoms with van der Waals surface area (Å²) in [6.45, 7) is 2.52. The fourth-order valence-electron chi connectivity index (χ4n) is 2.70. The van der Waals surface area contributed by atoms with Crippen LogP contribution in [0.5, 0.6) is 5.75 Å². The molecule has 0 aliphatic rings. The zero-order valence-corrected chi connectivity index (χ0v) is 15.8. The Balaban J connectivity index is 1.41. The van der Waals surface area contributed by atoms with E-state index < -0.39 is 0 Å². The summed E-state index contributed by atoms with van der Waals surface area (Å²) < 4.78 is 11.9. The summed E-state index contributed by atoms with van der Waals surface area (Å²) in [6.07, 6.45) is 0.175. The molecule has 4 rings (SSSR count). The van der Waals surface area contributed by atoms with Crippen LogP contribution in [0.3, 0.4) is 0 Å². The third-order valence-corrected chi connectivity index (χ3v) is 4.77. The van der Waals surface area contributed by atoms with Crippen molar-refractivity contribution in [3.63, 3.8) is 0 Å². The Morgan fingerprint density at radius 1 is 1.21 bits per heavy atom. The maximum absolute atomic E-state index is 12.3. The summed E-state index contributed by atoms with van der Waals surface area (Å²) in [5.74, 6) is 0.831. The van der Waals surface area contributed by atoms with Gasteiger partial charge in [0.1, 0.15) is 5.75 Å². The Labute approximate surface area is 164 Å². The number of fused-ring (bicyclic) bond motifs is 1. The first-order valence-electron chi connectivity index (χ1n) is 8.62. The number of carbonyl (C=O) groups is 1. The largest absolute Gasteiger partial charge is 0.494 e. The van der Waals surface area contributed by atoms with Gasteiger partial charge in [-0.1, -0.05) is 22.5 Å². The van der Waals surface area contributed by atoms with Gasteiger partial charge in [0.25, 0.3) is 0 Å². The number of carbonyl (C=O) groups excluding carboxylic acids is 1. The summed E-state index contributed by atoms with van der Waals surface area (Å²) in [5, 5.41) is 11.0. The van der Waals surface area contributed by atoms with Crippen LogP contribution in [0.4, 0.5) is 11.1 Å². The van der Waals surface area contributed by atoms with Crippen LogP contribution in [0.15, 0.2) is 46.9 Å². The second-order valence-electron chi connectivity index (χ2n) is 5.95. The maximum atomic E-state index is 12.3. The lowest BCUT2D eigenvalue weighted by molar-refractivity contribution is -0.115. The molecule has 4 aromatic rings. The van der Waals surface area contributed by atoms with Crippen molar-refractivity contribution in [3.05, 3.63) is 48.0 Å². The van der Waals surface area contributed by atoms with Crippen LogP contribution in [-0.4, -0.2) is 27.7 Å². The molecule has 2 aromatic carbocycles. The van der Waals surface area contributed by atoms with Gasteiger partial charge in [0.2, 0.25) is 11.8 Å². The SMILES string of the molecule is CCOc1ccc(-c2nnc(NC(=O)Cc3ccc4nc(N)sc4c3)o2)cc1. The number of anilines is 2. The summed E-state index contributed by atoms with van der Waals surface area (Å²) in [4.78, 5) is 16.5. The third-order valence-electron chi connectivity index (χ3n) is 3.92. The molecule has 0 aliphatic carbocycles. The van der Waals surface area contributed by atoms with Crippen LogP contribution in [0, 0.1) is 0 Å². The zero-order valence-electron chi connectivity index (χ0n) is 15.0. The smallest absolute Gasteiger partial charge is 0.322 e. The van der Waals surface area contributed by atoms with E-state index in [1.54, 1.807) is 0 Å². The minimum absolute atomic E-state index is 0.0528. The highest BCUT2D eigenvalue weighted by atomic mass is 32.1. The highest BCUT2D eigenvalue weighted by Gasteiger charge is 2.13. The molecule has 0 atom stereocenters. The molecule has 142 valence electrons. The summed E-state index contributed by atoms with van der Waals surface area (Å²) in [7, 11) is 0. The first-order chi connectivity index (χ1) is 13.6. The number of rotatable bonds is 6. The number of nitrogens with zero attached hydrogens (tertiary/aromatic N) is 3. The van der Waals surface area contributed by atoms with Gasteiger partial charge in [-0.25, -0.2) is 4.98 Å². The van der Waals surface area contributed by atoms with Crippen LogP contribution >= 0.6 is 11.3 Å². The first kappa shape index (κ1) is 17.9. The Kier molecular flexibility index (Phi) is 4.90. The monoisotopic (exact) mass is 395 g/mol. The van der Waals surface area contributed by atoms with E-state index >= 15 is 0 Å². The molecular formula is C19H17N5O3S. The van der Waals surface area contributed by atoms with Gasteiger partial charge in [-0.05, 0) is 48.9 Å². The van der Waals surface area contributed by atoms with Crippen molar-refractivity contribution in [2.75, 3.05) is 17.7 Å². The van der Waals surface area contributed by atoms with Crippen LogP contribution < -0.4 is 15.8 Å². The van der Waals surface area contributed by atoms with Gasteiger partial charge in [0, 0.05) is 5.56 Å². The van der Waals surface area contributed by atoms with Crippen LogP contribution in [0.25, 0.3) is 21.7 Å². The minimum atomic E-state index is -0.251. The predicted octanol–water partition coefficient (Wildman–Crippen LogP) is 3.51. The fourth-order valence-corrected chi connectivity index (χ4v) is 3.49. The van der Waals surface area contributed by atoms with Crippen molar-refractivity contribution in [1.82, 2.24) is 15.2 Å². The zero-order chi connectivity index (χ0) is 19.5. The Bertz CT molecular complexity index is 1120. The van der Waals surface area contributed by atoms with Crippen molar-refractivity contribution < 1.29 is 13.9 Å². The molecule has 8 nitrogen and oxygen atoms in total. The van der Waals surface area contributed by atoms with E-state index in [1.807, 2.05) is 49.4 Å². The molecular weight excluding hydrogens is 378 g/mol. The second-order valence-corrected chi connectivity index (χ2v) is 7.01. The normalized spacial score (nSPS) is 10.9. The molecule has 28 heavy (non-hydrogen) atoms. The van der Waals surface area contributed by atoms with E-state index in [0.29, 0.717) is 17.6 Å². The molecule has 0 saturated carbocycles. The van der Waals surface area contributed by atoms with Gasteiger partial charge >= 0.3 is 6.01 Å². The van der Waals surface area contributed by atoms with Crippen LogP contribution in [0.2, 0.25) is 0 Å². The number of nitrogens with two attached hydrogens (primary N) is 1. The molecule has 2 aromatic heterocycles. The number of hydrogen-bond donors (Lipinski definition) is 2.